The third-order valence-corrected chi connectivity index (χ3v) is 4.82. The summed E-state index contributed by atoms with van der Waals surface area (Å²) in [4.78, 5) is 14.9. The summed E-state index contributed by atoms with van der Waals surface area (Å²) >= 11 is 0. The van der Waals surface area contributed by atoms with Gasteiger partial charge in [0, 0.05) is 25.8 Å². The number of carbonyl (C=O) groups is 1. The molecule has 2 aromatic rings. The molecule has 2 heterocycles. The summed E-state index contributed by atoms with van der Waals surface area (Å²) in [6.45, 7) is 7.78. The zero-order chi connectivity index (χ0) is 17.1. The lowest BCUT2D eigenvalue weighted by atomic mass is 10.1. The Balaban J connectivity index is 1.57. The Bertz CT molecular complexity index is 712. The molecule has 0 radical (unpaired) electrons. The minimum absolute atomic E-state index is 0.0563. The number of likely N-dealkylation sites (tertiary alicyclic amines) is 1. The van der Waals surface area contributed by atoms with Crippen molar-refractivity contribution in [3.63, 3.8) is 0 Å². The second-order valence-corrected chi connectivity index (χ2v) is 6.65. The smallest absolute Gasteiger partial charge is 0.255 e. The van der Waals surface area contributed by atoms with Gasteiger partial charge >= 0.3 is 0 Å². The first-order valence-corrected chi connectivity index (χ1v) is 8.63. The predicted molar refractivity (Wildman–Crippen MR) is 94.8 cm³/mol. The molecule has 0 spiro atoms. The number of aromatic nitrogens is 2. The molecule has 0 aliphatic carbocycles. The maximum absolute atomic E-state index is 12.4. The fraction of sp³-hybridized carbons (Fsp3) is 0.474. The normalized spacial score (nSPS) is 15.0. The van der Waals surface area contributed by atoms with Gasteiger partial charge in [-0.05, 0) is 50.9 Å². The third-order valence-electron chi connectivity index (χ3n) is 4.82. The summed E-state index contributed by atoms with van der Waals surface area (Å²) in [5, 5.41) is 7.30. The highest BCUT2D eigenvalue weighted by Crippen LogP contribution is 2.14. The molecular weight excluding hydrogens is 300 g/mol. The maximum Gasteiger partial charge on any atom is 0.255 e. The molecule has 1 aromatic carbocycles. The molecule has 1 N–H and O–H groups in total. The molecule has 1 saturated heterocycles. The fourth-order valence-corrected chi connectivity index (χ4v) is 3.33. The van der Waals surface area contributed by atoms with Crippen molar-refractivity contribution < 1.29 is 4.79 Å². The van der Waals surface area contributed by atoms with E-state index in [0.29, 0.717) is 12.1 Å². The number of amides is 1. The quantitative estimate of drug-likeness (QED) is 0.919. The molecular formula is C19H26N4O. The number of rotatable bonds is 5. The Hall–Kier alpha value is -2.14. The summed E-state index contributed by atoms with van der Waals surface area (Å²) in [6.07, 6.45) is 2.63. The molecule has 3 rings (SSSR count). The van der Waals surface area contributed by atoms with Crippen molar-refractivity contribution in [2.45, 2.75) is 39.8 Å². The lowest BCUT2D eigenvalue weighted by Gasteiger charge is -2.14. The summed E-state index contributed by atoms with van der Waals surface area (Å²) in [6, 6.07) is 8.55. The molecule has 1 aliphatic heterocycles. The summed E-state index contributed by atoms with van der Waals surface area (Å²) in [5.74, 6) is -0.0563. The summed E-state index contributed by atoms with van der Waals surface area (Å²) in [7, 11) is 1.86. The number of aryl methyl sites for hydroxylation is 2. The van der Waals surface area contributed by atoms with E-state index in [2.05, 4.69) is 39.6 Å². The van der Waals surface area contributed by atoms with Crippen LogP contribution in [0.5, 0.6) is 0 Å². The number of hydrogen-bond acceptors (Lipinski definition) is 3. The number of nitrogens with zero attached hydrogens (tertiary/aromatic N) is 3. The van der Waals surface area contributed by atoms with Crippen LogP contribution < -0.4 is 5.32 Å². The molecule has 128 valence electrons. The first-order chi connectivity index (χ1) is 11.5. The van der Waals surface area contributed by atoms with Crippen molar-refractivity contribution in [1.29, 1.82) is 0 Å². The third kappa shape index (κ3) is 3.67. The van der Waals surface area contributed by atoms with E-state index in [-0.39, 0.29) is 5.91 Å². The van der Waals surface area contributed by atoms with E-state index in [0.717, 1.165) is 23.5 Å². The van der Waals surface area contributed by atoms with Crippen LogP contribution in [0.4, 0.5) is 0 Å². The summed E-state index contributed by atoms with van der Waals surface area (Å²) in [5.41, 5.74) is 4.81. The van der Waals surface area contributed by atoms with Gasteiger partial charge in [-0.1, -0.05) is 24.3 Å². The molecule has 1 fully saturated rings. The molecule has 5 heteroatoms. The van der Waals surface area contributed by atoms with E-state index in [1.807, 2.05) is 20.9 Å². The van der Waals surface area contributed by atoms with Crippen molar-refractivity contribution in [2.75, 3.05) is 13.1 Å². The number of carbonyl (C=O) groups excluding carboxylic acids is 1. The Morgan fingerprint density at radius 2 is 1.75 bits per heavy atom. The van der Waals surface area contributed by atoms with Gasteiger partial charge in [0.2, 0.25) is 0 Å². The van der Waals surface area contributed by atoms with Gasteiger partial charge in [0.1, 0.15) is 0 Å². The minimum atomic E-state index is -0.0563. The molecule has 24 heavy (non-hydrogen) atoms. The van der Waals surface area contributed by atoms with Gasteiger partial charge in [0.25, 0.3) is 5.91 Å². The molecule has 1 amide bonds. The second-order valence-electron chi connectivity index (χ2n) is 6.65. The van der Waals surface area contributed by atoms with Crippen LogP contribution in [0.2, 0.25) is 0 Å². The number of hydrogen-bond donors (Lipinski definition) is 1. The monoisotopic (exact) mass is 326 g/mol. The van der Waals surface area contributed by atoms with Crippen LogP contribution in [-0.2, 0) is 20.1 Å². The Morgan fingerprint density at radius 3 is 2.33 bits per heavy atom. The highest BCUT2D eigenvalue weighted by molar-refractivity contribution is 5.96. The number of nitrogens with one attached hydrogen (secondary N) is 1. The van der Waals surface area contributed by atoms with Gasteiger partial charge in [-0.2, -0.15) is 5.10 Å². The zero-order valence-electron chi connectivity index (χ0n) is 14.8. The van der Waals surface area contributed by atoms with Gasteiger partial charge in [0.15, 0.2) is 0 Å². The van der Waals surface area contributed by atoms with Crippen molar-refractivity contribution in [1.82, 2.24) is 20.0 Å². The largest absolute Gasteiger partial charge is 0.348 e. The van der Waals surface area contributed by atoms with Gasteiger partial charge in [-0.15, -0.1) is 0 Å². The van der Waals surface area contributed by atoms with E-state index >= 15 is 0 Å². The van der Waals surface area contributed by atoms with E-state index in [9.17, 15) is 4.79 Å². The second kappa shape index (κ2) is 7.18. The van der Waals surface area contributed by atoms with Crippen LogP contribution in [0.1, 0.15) is 45.7 Å². The molecule has 1 aliphatic rings. The average Bonchev–Trinajstić information content (AvgIpc) is 3.15. The van der Waals surface area contributed by atoms with E-state index in [1.165, 1.54) is 31.5 Å². The topological polar surface area (TPSA) is 50.2 Å². The molecule has 1 aromatic heterocycles. The van der Waals surface area contributed by atoms with Crippen molar-refractivity contribution in [2.24, 2.45) is 7.05 Å². The van der Waals surface area contributed by atoms with E-state index in [1.54, 1.807) is 4.68 Å². The highest BCUT2D eigenvalue weighted by atomic mass is 16.1. The van der Waals surface area contributed by atoms with Gasteiger partial charge in [0.05, 0.1) is 11.3 Å². The van der Waals surface area contributed by atoms with Gasteiger partial charge in [-0.3, -0.25) is 14.4 Å². The SMILES string of the molecule is Cc1nn(C)c(C)c1C(=O)NCc1ccc(CN2CCCC2)cc1. The van der Waals surface area contributed by atoms with Crippen LogP contribution in [0.15, 0.2) is 24.3 Å². The van der Waals surface area contributed by atoms with Gasteiger partial charge < -0.3 is 5.32 Å². The van der Waals surface area contributed by atoms with Crippen LogP contribution in [0.25, 0.3) is 0 Å². The Kier molecular flexibility index (Phi) is 5.00. The van der Waals surface area contributed by atoms with Crippen LogP contribution in [0, 0.1) is 13.8 Å². The molecule has 5 nitrogen and oxygen atoms in total. The first kappa shape index (κ1) is 16.7. The van der Waals surface area contributed by atoms with Gasteiger partial charge in [-0.25, -0.2) is 0 Å². The first-order valence-electron chi connectivity index (χ1n) is 8.63. The van der Waals surface area contributed by atoms with Crippen LogP contribution in [0.3, 0.4) is 0 Å². The van der Waals surface area contributed by atoms with E-state index < -0.39 is 0 Å². The molecule has 0 unspecified atom stereocenters. The van der Waals surface area contributed by atoms with E-state index in [4.69, 9.17) is 0 Å². The van der Waals surface area contributed by atoms with Crippen molar-refractivity contribution in [3.05, 3.63) is 52.3 Å². The van der Waals surface area contributed by atoms with Crippen molar-refractivity contribution in [3.8, 4) is 0 Å². The number of benzene rings is 1. The lowest BCUT2D eigenvalue weighted by molar-refractivity contribution is 0.0949. The molecule has 0 atom stereocenters. The lowest BCUT2D eigenvalue weighted by Crippen LogP contribution is -2.24. The van der Waals surface area contributed by atoms with Crippen molar-refractivity contribution >= 4 is 5.91 Å². The fourth-order valence-electron chi connectivity index (χ4n) is 3.33. The zero-order valence-corrected chi connectivity index (χ0v) is 14.8. The Labute approximate surface area is 143 Å². The van der Waals surface area contributed by atoms with Crippen LogP contribution in [-0.4, -0.2) is 33.7 Å². The van der Waals surface area contributed by atoms with Crippen LogP contribution >= 0.6 is 0 Å². The standard InChI is InChI=1S/C19H26N4O/c1-14-18(15(2)22(3)21-14)19(24)20-12-16-6-8-17(9-7-16)13-23-10-4-5-11-23/h6-9H,4-5,10-13H2,1-3H3,(H,20,24). The predicted octanol–water partition coefficient (Wildman–Crippen LogP) is 2.56. The average molecular weight is 326 g/mol. The minimum Gasteiger partial charge on any atom is -0.348 e. The highest BCUT2D eigenvalue weighted by Gasteiger charge is 2.17. The molecule has 0 bridgehead atoms. The maximum atomic E-state index is 12.4. The Morgan fingerprint density at radius 1 is 1.12 bits per heavy atom. The summed E-state index contributed by atoms with van der Waals surface area (Å²) < 4.78 is 1.75. The molecule has 0 saturated carbocycles.